The van der Waals surface area contributed by atoms with Gasteiger partial charge in [0.2, 0.25) is 0 Å². The number of alkyl halides is 3. The summed E-state index contributed by atoms with van der Waals surface area (Å²) in [6.07, 6.45) is -3.38. The van der Waals surface area contributed by atoms with E-state index in [1.54, 1.807) is 24.3 Å². The molecule has 0 unspecified atom stereocenters. The second-order valence-electron chi connectivity index (χ2n) is 5.22. The average molecular weight is 367 g/mol. The van der Waals surface area contributed by atoms with E-state index >= 15 is 0 Å². The summed E-state index contributed by atoms with van der Waals surface area (Å²) >= 11 is 5.58. The van der Waals surface area contributed by atoms with Crippen molar-refractivity contribution >= 4 is 39.9 Å². The minimum absolute atomic E-state index is 0.0793. The highest BCUT2D eigenvalue weighted by atomic mass is 35.5. The number of aromatic nitrogens is 1. The monoisotopic (exact) mass is 366 g/mol. The molecular weight excluding hydrogens is 357 g/mol. The number of aromatic amines is 1. The van der Waals surface area contributed by atoms with Crippen LogP contribution >= 0.6 is 11.6 Å². The van der Waals surface area contributed by atoms with E-state index in [1.807, 2.05) is 5.32 Å². The van der Waals surface area contributed by atoms with E-state index in [4.69, 9.17) is 11.6 Å². The zero-order chi connectivity index (χ0) is 18.2. The fraction of sp³-hybridized carbons (Fsp3) is 0.0588. The van der Waals surface area contributed by atoms with Gasteiger partial charge in [-0.3, -0.25) is 9.59 Å². The minimum Gasteiger partial charge on any atom is -0.360 e. The predicted molar refractivity (Wildman–Crippen MR) is 87.7 cm³/mol. The Morgan fingerprint density at radius 1 is 1.08 bits per heavy atom. The van der Waals surface area contributed by atoms with Gasteiger partial charge in [0.05, 0.1) is 16.8 Å². The molecule has 0 bridgehead atoms. The molecule has 1 amide bonds. The first-order chi connectivity index (χ1) is 11.8. The number of rotatable bonds is 3. The molecule has 0 aliphatic rings. The minimum atomic E-state index is -4.72. The summed E-state index contributed by atoms with van der Waals surface area (Å²) in [6.45, 7) is 0. The van der Waals surface area contributed by atoms with Crippen molar-refractivity contribution in [2.75, 3.05) is 5.32 Å². The van der Waals surface area contributed by atoms with E-state index in [-0.39, 0.29) is 10.6 Å². The van der Waals surface area contributed by atoms with E-state index < -0.39 is 29.1 Å². The lowest BCUT2D eigenvalue weighted by Gasteiger charge is -2.13. The van der Waals surface area contributed by atoms with Crippen LogP contribution in [0.1, 0.15) is 15.9 Å². The van der Waals surface area contributed by atoms with Crippen molar-refractivity contribution < 1.29 is 22.8 Å². The number of nitrogens with one attached hydrogen (secondary N) is 2. The summed E-state index contributed by atoms with van der Waals surface area (Å²) in [5.74, 6) is -2.11. The maximum absolute atomic E-state index is 13.1. The molecule has 0 aliphatic heterocycles. The highest BCUT2D eigenvalue weighted by Gasteiger charge is 2.34. The van der Waals surface area contributed by atoms with Crippen molar-refractivity contribution in [3.8, 4) is 0 Å². The lowest BCUT2D eigenvalue weighted by molar-refractivity contribution is -0.137. The quantitative estimate of drug-likeness (QED) is 0.523. The maximum Gasteiger partial charge on any atom is 0.418 e. The molecule has 1 aromatic heterocycles. The van der Waals surface area contributed by atoms with Gasteiger partial charge in [0.15, 0.2) is 0 Å². The van der Waals surface area contributed by atoms with Crippen LogP contribution in [-0.4, -0.2) is 16.7 Å². The lowest BCUT2D eigenvalue weighted by Crippen LogP contribution is -2.24. The number of anilines is 1. The average Bonchev–Trinajstić information content (AvgIpc) is 2.98. The molecule has 25 heavy (non-hydrogen) atoms. The van der Waals surface area contributed by atoms with Gasteiger partial charge in [0.1, 0.15) is 0 Å². The molecule has 3 aromatic rings. The highest BCUT2D eigenvalue weighted by Crippen LogP contribution is 2.36. The first kappa shape index (κ1) is 17.0. The van der Waals surface area contributed by atoms with Gasteiger partial charge in [0.25, 0.3) is 11.7 Å². The highest BCUT2D eigenvalue weighted by molar-refractivity contribution is 6.48. The molecule has 0 atom stereocenters. The van der Waals surface area contributed by atoms with Gasteiger partial charge in [-0.05, 0) is 24.3 Å². The van der Waals surface area contributed by atoms with Crippen molar-refractivity contribution in [1.29, 1.82) is 0 Å². The Hall–Kier alpha value is -2.80. The van der Waals surface area contributed by atoms with Gasteiger partial charge in [-0.2, -0.15) is 13.2 Å². The van der Waals surface area contributed by atoms with Gasteiger partial charge in [0, 0.05) is 22.1 Å². The first-order valence-corrected chi connectivity index (χ1v) is 7.43. The van der Waals surface area contributed by atoms with E-state index in [0.29, 0.717) is 17.0 Å². The predicted octanol–water partition coefficient (Wildman–Crippen LogP) is 4.66. The van der Waals surface area contributed by atoms with E-state index in [1.165, 1.54) is 12.3 Å². The van der Waals surface area contributed by atoms with Crippen molar-refractivity contribution in [1.82, 2.24) is 4.98 Å². The third-order valence-electron chi connectivity index (χ3n) is 3.58. The van der Waals surface area contributed by atoms with Gasteiger partial charge in [-0.25, -0.2) is 0 Å². The third-order valence-corrected chi connectivity index (χ3v) is 3.81. The van der Waals surface area contributed by atoms with Crippen LogP contribution in [0.4, 0.5) is 18.9 Å². The standard InChI is InChI=1S/C17H10ClF3N2O2/c18-9-5-6-14(12(7-9)17(19,20)21)23-16(25)15(24)11-8-22-13-4-2-1-3-10(11)13/h1-8,22H,(H,23,25). The summed E-state index contributed by atoms with van der Waals surface area (Å²) in [4.78, 5) is 27.3. The van der Waals surface area contributed by atoms with Crippen LogP contribution < -0.4 is 5.32 Å². The van der Waals surface area contributed by atoms with Gasteiger partial charge >= 0.3 is 6.18 Å². The van der Waals surface area contributed by atoms with Crippen molar-refractivity contribution in [2.24, 2.45) is 0 Å². The van der Waals surface area contributed by atoms with Crippen LogP contribution in [0.3, 0.4) is 0 Å². The summed E-state index contributed by atoms with van der Waals surface area (Å²) in [5, 5.41) is 2.39. The van der Waals surface area contributed by atoms with E-state index in [9.17, 15) is 22.8 Å². The number of hydrogen-bond donors (Lipinski definition) is 2. The number of halogens is 4. The molecule has 4 nitrogen and oxygen atoms in total. The summed E-state index contributed by atoms with van der Waals surface area (Å²) in [7, 11) is 0. The number of H-pyrrole nitrogens is 1. The van der Waals surface area contributed by atoms with Crippen LogP contribution in [0.25, 0.3) is 10.9 Å². The SMILES string of the molecule is O=C(Nc1ccc(Cl)cc1C(F)(F)F)C(=O)c1c[nH]c2ccccc12. The molecule has 3 rings (SSSR count). The van der Waals surface area contributed by atoms with E-state index in [0.717, 1.165) is 6.07 Å². The lowest BCUT2D eigenvalue weighted by atomic mass is 10.1. The molecular formula is C17H10ClF3N2O2. The molecule has 0 saturated carbocycles. The van der Waals surface area contributed by atoms with Gasteiger partial charge < -0.3 is 10.3 Å². The van der Waals surface area contributed by atoms with Crippen LogP contribution in [0.5, 0.6) is 0 Å². The Bertz CT molecular complexity index is 979. The molecule has 2 aromatic carbocycles. The molecule has 8 heteroatoms. The molecule has 0 spiro atoms. The second kappa shape index (κ2) is 6.25. The molecule has 0 radical (unpaired) electrons. The van der Waals surface area contributed by atoms with Gasteiger partial charge in [-0.15, -0.1) is 0 Å². The van der Waals surface area contributed by atoms with E-state index in [2.05, 4.69) is 4.98 Å². The molecule has 0 aliphatic carbocycles. The topological polar surface area (TPSA) is 62.0 Å². The Kier molecular flexibility index (Phi) is 4.26. The summed E-state index contributed by atoms with van der Waals surface area (Å²) in [6, 6.07) is 9.67. The van der Waals surface area contributed by atoms with Crippen LogP contribution in [0, 0.1) is 0 Å². The van der Waals surface area contributed by atoms with Crippen LogP contribution in [0.2, 0.25) is 5.02 Å². The molecule has 2 N–H and O–H groups in total. The number of amides is 1. The van der Waals surface area contributed by atoms with Gasteiger partial charge in [-0.1, -0.05) is 29.8 Å². The molecule has 0 fully saturated rings. The van der Waals surface area contributed by atoms with Crippen molar-refractivity contribution in [3.63, 3.8) is 0 Å². The zero-order valence-corrected chi connectivity index (χ0v) is 13.2. The molecule has 0 saturated heterocycles. The number of para-hydroxylation sites is 1. The number of hydrogen-bond acceptors (Lipinski definition) is 2. The van der Waals surface area contributed by atoms with Crippen molar-refractivity contribution in [2.45, 2.75) is 6.18 Å². The largest absolute Gasteiger partial charge is 0.418 e. The maximum atomic E-state index is 13.1. The Labute approximate surface area is 144 Å². The Morgan fingerprint density at radius 3 is 2.52 bits per heavy atom. The zero-order valence-electron chi connectivity index (χ0n) is 12.4. The number of fused-ring (bicyclic) bond motifs is 1. The summed E-state index contributed by atoms with van der Waals surface area (Å²) < 4.78 is 39.2. The Balaban J connectivity index is 1.92. The summed E-state index contributed by atoms with van der Waals surface area (Å²) in [5.41, 5.74) is -0.938. The normalized spacial score (nSPS) is 11.5. The number of benzene rings is 2. The molecule has 128 valence electrons. The number of ketones is 1. The smallest absolute Gasteiger partial charge is 0.360 e. The molecule has 1 heterocycles. The second-order valence-corrected chi connectivity index (χ2v) is 5.66. The van der Waals surface area contributed by atoms with Crippen LogP contribution in [0.15, 0.2) is 48.7 Å². The fourth-order valence-electron chi connectivity index (χ4n) is 2.42. The third kappa shape index (κ3) is 3.36. The number of Topliss-reactive ketones (excluding diaryl/α,β-unsaturated/α-hetero) is 1. The fourth-order valence-corrected chi connectivity index (χ4v) is 2.59. The number of carbonyl (C=O) groups is 2. The Morgan fingerprint density at radius 2 is 1.80 bits per heavy atom. The first-order valence-electron chi connectivity index (χ1n) is 7.06. The number of carbonyl (C=O) groups excluding carboxylic acids is 2. The van der Waals surface area contributed by atoms with Crippen molar-refractivity contribution in [3.05, 3.63) is 64.8 Å². The van der Waals surface area contributed by atoms with Crippen LogP contribution in [-0.2, 0) is 11.0 Å².